The number of anilines is 1. The van der Waals surface area contributed by atoms with Gasteiger partial charge in [-0.1, -0.05) is 17.7 Å². The molecule has 0 aliphatic rings. The van der Waals surface area contributed by atoms with E-state index < -0.39 is 0 Å². The van der Waals surface area contributed by atoms with Gasteiger partial charge in [0, 0.05) is 17.3 Å². The first kappa shape index (κ1) is 14.5. The van der Waals surface area contributed by atoms with Crippen molar-refractivity contribution in [2.45, 2.75) is 6.92 Å². The molecule has 0 heterocycles. The molecule has 3 nitrogen and oxygen atoms in total. The quantitative estimate of drug-likeness (QED) is 0.811. The van der Waals surface area contributed by atoms with Crippen molar-refractivity contribution >= 4 is 17.3 Å². The average Bonchev–Trinajstić information content (AvgIpc) is 2.48. The van der Waals surface area contributed by atoms with Gasteiger partial charge in [0.15, 0.2) is 0 Å². The third kappa shape index (κ3) is 4.07. The Morgan fingerprint density at radius 3 is 2.40 bits per heavy atom. The summed E-state index contributed by atoms with van der Waals surface area (Å²) in [6.45, 7) is 3.28. The zero-order valence-corrected chi connectivity index (χ0v) is 12.4. The monoisotopic (exact) mass is 291 g/mol. The molecular formula is C16H18ClNO2. The lowest BCUT2D eigenvalue weighted by molar-refractivity contribution is 0.332. The second kappa shape index (κ2) is 7.06. The predicted molar refractivity (Wildman–Crippen MR) is 83.2 cm³/mol. The summed E-state index contributed by atoms with van der Waals surface area (Å²) in [6.07, 6.45) is 0. The SMILES string of the molecule is COc1ccc(OCCNc2ccc(C)c(Cl)c2)cc1. The highest BCUT2D eigenvalue weighted by molar-refractivity contribution is 6.31. The van der Waals surface area contributed by atoms with Crippen LogP contribution in [0.15, 0.2) is 42.5 Å². The third-order valence-corrected chi connectivity index (χ3v) is 3.34. The molecule has 4 heteroatoms. The van der Waals surface area contributed by atoms with Crippen LogP contribution in [-0.2, 0) is 0 Å². The van der Waals surface area contributed by atoms with Gasteiger partial charge < -0.3 is 14.8 Å². The van der Waals surface area contributed by atoms with Gasteiger partial charge in [0.2, 0.25) is 0 Å². The molecule has 2 aromatic rings. The first-order chi connectivity index (χ1) is 9.69. The molecule has 20 heavy (non-hydrogen) atoms. The topological polar surface area (TPSA) is 30.5 Å². The zero-order valence-electron chi connectivity index (χ0n) is 11.7. The molecule has 0 saturated carbocycles. The van der Waals surface area contributed by atoms with Crippen molar-refractivity contribution in [3.63, 3.8) is 0 Å². The molecule has 0 radical (unpaired) electrons. The van der Waals surface area contributed by atoms with Crippen LogP contribution < -0.4 is 14.8 Å². The molecule has 0 aliphatic heterocycles. The summed E-state index contributed by atoms with van der Waals surface area (Å²) in [4.78, 5) is 0. The van der Waals surface area contributed by atoms with Gasteiger partial charge in [0.25, 0.3) is 0 Å². The summed E-state index contributed by atoms with van der Waals surface area (Å²) in [6, 6.07) is 13.5. The van der Waals surface area contributed by atoms with Crippen LogP contribution in [0, 0.1) is 6.92 Å². The minimum Gasteiger partial charge on any atom is -0.497 e. The van der Waals surface area contributed by atoms with Gasteiger partial charge in [-0.2, -0.15) is 0 Å². The molecule has 0 fully saturated rings. The minimum atomic E-state index is 0.581. The summed E-state index contributed by atoms with van der Waals surface area (Å²) >= 11 is 6.07. The van der Waals surface area contributed by atoms with Gasteiger partial charge >= 0.3 is 0 Å². The number of nitrogens with one attached hydrogen (secondary N) is 1. The standard InChI is InChI=1S/C16H18ClNO2/c1-12-3-4-13(11-16(12)17)18-9-10-20-15-7-5-14(19-2)6-8-15/h3-8,11,18H,9-10H2,1-2H3. The maximum Gasteiger partial charge on any atom is 0.119 e. The van der Waals surface area contributed by atoms with E-state index in [4.69, 9.17) is 21.1 Å². The molecule has 2 aromatic carbocycles. The van der Waals surface area contributed by atoms with Gasteiger partial charge in [0.1, 0.15) is 18.1 Å². The molecule has 0 unspecified atom stereocenters. The lowest BCUT2D eigenvalue weighted by atomic mass is 10.2. The minimum absolute atomic E-state index is 0.581. The van der Waals surface area contributed by atoms with E-state index in [-0.39, 0.29) is 0 Å². The van der Waals surface area contributed by atoms with Gasteiger partial charge in [-0.05, 0) is 48.9 Å². The maximum atomic E-state index is 6.07. The highest BCUT2D eigenvalue weighted by Gasteiger charge is 1.98. The highest BCUT2D eigenvalue weighted by atomic mass is 35.5. The Morgan fingerprint density at radius 2 is 1.75 bits per heavy atom. The van der Waals surface area contributed by atoms with E-state index in [9.17, 15) is 0 Å². The normalized spacial score (nSPS) is 10.2. The second-order valence-electron chi connectivity index (χ2n) is 4.41. The number of halogens is 1. The Hall–Kier alpha value is -1.87. The van der Waals surface area contributed by atoms with Gasteiger partial charge in [-0.15, -0.1) is 0 Å². The summed E-state index contributed by atoms with van der Waals surface area (Å²) < 4.78 is 10.7. The Kier molecular flexibility index (Phi) is 5.13. The summed E-state index contributed by atoms with van der Waals surface area (Å²) in [7, 11) is 1.65. The number of aryl methyl sites for hydroxylation is 1. The fourth-order valence-electron chi connectivity index (χ4n) is 1.74. The summed E-state index contributed by atoms with van der Waals surface area (Å²) in [5.74, 6) is 1.65. The fourth-order valence-corrected chi connectivity index (χ4v) is 1.92. The van der Waals surface area contributed by atoms with Crippen molar-refractivity contribution in [1.82, 2.24) is 0 Å². The van der Waals surface area contributed by atoms with Gasteiger partial charge in [-0.25, -0.2) is 0 Å². The number of methoxy groups -OCH3 is 1. The van der Waals surface area contributed by atoms with Crippen molar-refractivity contribution in [3.05, 3.63) is 53.1 Å². The molecule has 0 amide bonds. The zero-order chi connectivity index (χ0) is 14.4. The van der Waals surface area contributed by atoms with Crippen LogP contribution in [0.5, 0.6) is 11.5 Å². The van der Waals surface area contributed by atoms with Crippen LogP contribution in [-0.4, -0.2) is 20.3 Å². The first-order valence-electron chi connectivity index (χ1n) is 6.46. The molecule has 0 spiro atoms. The van der Waals surface area contributed by atoms with E-state index in [0.29, 0.717) is 13.2 Å². The first-order valence-corrected chi connectivity index (χ1v) is 6.84. The van der Waals surface area contributed by atoms with Crippen LogP contribution in [0.25, 0.3) is 0 Å². The number of benzene rings is 2. The highest BCUT2D eigenvalue weighted by Crippen LogP contribution is 2.20. The Morgan fingerprint density at radius 1 is 1.05 bits per heavy atom. The van der Waals surface area contributed by atoms with E-state index in [0.717, 1.165) is 27.8 Å². The molecule has 0 bridgehead atoms. The lowest BCUT2D eigenvalue weighted by Gasteiger charge is -2.10. The Bertz CT molecular complexity index is 555. The maximum absolute atomic E-state index is 6.07. The number of ether oxygens (including phenoxy) is 2. The molecule has 0 atom stereocenters. The number of rotatable bonds is 6. The van der Waals surface area contributed by atoms with Crippen LogP contribution in [0.3, 0.4) is 0 Å². The largest absolute Gasteiger partial charge is 0.497 e. The Labute approximate surface area is 124 Å². The molecule has 106 valence electrons. The van der Waals surface area contributed by atoms with Gasteiger partial charge in [-0.3, -0.25) is 0 Å². The van der Waals surface area contributed by atoms with Crippen molar-refractivity contribution in [1.29, 1.82) is 0 Å². The molecule has 0 saturated heterocycles. The van der Waals surface area contributed by atoms with Gasteiger partial charge in [0.05, 0.1) is 7.11 Å². The van der Waals surface area contributed by atoms with E-state index in [1.54, 1.807) is 7.11 Å². The van der Waals surface area contributed by atoms with Crippen molar-refractivity contribution < 1.29 is 9.47 Å². The molecule has 2 rings (SSSR count). The molecule has 1 N–H and O–H groups in total. The van der Waals surface area contributed by atoms with Crippen molar-refractivity contribution in [3.8, 4) is 11.5 Å². The second-order valence-corrected chi connectivity index (χ2v) is 4.82. The van der Waals surface area contributed by atoms with Crippen LogP contribution >= 0.6 is 11.6 Å². The number of hydrogen-bond acceptors (Lipinski definition) is 3. The smallest absolute Gasteiger partial charge is 0.119 e. The van der Waals surface area contributed by atoms with E-state index in [2.05, 4.69) is 5.32 Å². The number of hydrogen-bond donors (Lipinski definition) is 1. The van der Waals surface area contributed by atoms with Crippen LogP contribution in [0.2, 0.25) is 5.02 Å². The van der Waals surface area contributed by atoms with E-state index in [1.165, 1.54) is 0 Å². The van der Waals surface area contributed by atoms with E-state index >= 15 is 0 Å². The molecule has 0 aromatic heterocycles. The average molecular weight is 292 g/mol. The third-order valence-electron chi connectivity index (χ3n) is 2.93. The lowest BCUT2D eigenvalue weighted by Crippen LogP contribution is -2.11. The molecular weight excluding hydrogens is 274 g/mol. The van der Waals surface area contributed by atoms with Crippen molar-refractivity contribution in [2.75, 3.05) is 25.6 Å². The summed E-state index contributed by atoms with van der Waals surface area (Å²) in [5, 5.41) is 4.04. The van der Waals surface area contributed by atoms with E-state index in [1.807, 2.05) is 49.4 Å². The Balaban J connectivity index is 1.76. The fraction of sp³-hybridized carbons (Fsp3) is 0.250. The van der Waals surface area contributed by atoms with Crippen molar-refractivity contribution in [2.24, 2.45) is 0 Å². The van der Waals surface area contributed by atoms with Crippen LogP contribution in [0.1, 0.15) is 5.56 Å². The predicted octanol–water partition coefficient (Wildman–Crippen LogP) is 4.15. The molecule has 0 aliphatic carbocycles. The van der Waals surface area contributed by atoms with Crippen LogP contribution in [0.4, 0.5) is 5.69 Å². The summed E-state index contributed by atoms with van der Waals surface area (Å²) in [5.41, 5.74) is 2.07.